The van der Waals surface area contributed by atoms with Crippen LogP contribution < -0.4 is 5.32 Å². The molecule has 1 aliphatic heterocycles. The van der Waals surface area contributed by atoms with Crippen molar-refractivity contribution in [2.45, 2.75) is 23.6 Å². The highest BCUT2D eigenvalue weighted by Gasteiger charge is 2.32. The number of aromatic nitrogens is 2. The minimum Gasteiger partial charge on any atom is -0.311 e. The standard InChI is InChI=1S/C20H22N4O3S2/c25-20(22-18-8-11-21-24(18)15-16-5-2-1-3-6-16)17-9-12-23(13-10-17)29(26,27)19-7-4-14-28-19/h1-8,11,14,17H,9-10,12-13,15H2,(H,22,25). The topological polar surface area (TPSA) is 84.3 Å². The number of carbonyl (C=O) groups excluding carboxylic acids is 1. The number of piperidine rings is 1. The molecule has 3 aromatic rings. The molecule has 0 unspecified atom stereocenters. The van der Waals surface area contributed by atoms with E-state index in [2.05, 4.69) is 10.4 Å². The van der Waals surface area contributed by atoms with Gasteiger partial charge in [-0.3, -0.25) is 4.79 Å². The fourth-order valence-corrected chi connectivity index (χ4v) is 6.06. The van der Waals surface area contributed by atoms with Gasteiger partial charge < -0.3 is 5.32 Å². The van der Waals surface area contributed by atoms with Crippen LogP contribution in [0.1, 0.15) is 18.4 Å². The molecule has 7 nitrogen and oxygen atoms in total. The first-order valence-corrected chi connectivity index (χ1v) is 11.8. The third kappa shape index (κ3) is 4.42. The van der Waals surface area contributed by atoms with Crippen LogP contribution in [0.15, 0.2) is 64.3 Å². The van der Waals surface area contributed by atoms with Crippen LogP contribution in [0, 0.1) is 5.92 Å². The van der Waals surface area contributed by atoms with Crippen molar-refractivity contribution in [3.8, 4) is 0 Å². The number of hydrogen-bond donors (Lipinski definition) is 1. The second-order valence-electron chi connectivity index (χ2n) is 6.96. The average Bonchev–Trinajstić information content (AvgIpc) is 3.42. The van der Waals surface area contributed by atoms with Gasteiger partial charge in [-0.05, 0) is 29.9 Å². The van der Waals surface area contributed by atoms with E-state index in [0.717, 1.165) is 5.56 Å². The lowest BCUT2D eigenvalue weighted by atomic mass is 9.97. The van der Waals surface area contributed by atoms with Crippen LogP contribution >= 0.6 is 11.3 Å². The Hall–Kier alpha value is -2.49. The molecular weight excluding hydrogens is 408 g/mol. The lowest BCUT2D eigenvalue weighted by molar-refractivity contribution is -0.121. The van der Waals surface area contributed by atoms with E-state index in [1.54, 1.807) is 34.5 Å². The summed E-state index contributed by atoms with van der Waals surface area (Å²) in [6.07, 6.45) is 2.67. The van der Waals surface area contributed by atoms with Gasteiger partial charge in [0.2, 0.25) is 5.91 Å². The molecule has 2 aromatic heterocycles. The number of sulfonamides is 1. The molecule has 1 fully saturated rings. The molecule has 1 amide bonds. The lowest BCUT2D eigenvalue weighted by Crippen LogP contribution is -2.41. The Labute approximate surface area is 174 Å². The van der Waals surface area contributed by atoms with E-state index in [9.17, 15) is 13.2 Å². The molecule has 0 bridgehead atoms. The molecule has 1 aromatic carbocycles. The van der Waals surface area contributed by atoms with E-state index < -0.39 is 10.0 Å². The van der Waals surface area contributed by atoms with Gasteiger partial charge in [0.25, 0.3) is 10.0 Å². The van der Waals surface area contributed by atoms with Crippen molar-refractivity contribution >= 4 is 33.1 Å². The van der Waals surface area contributed by atoms with Gasteiger partial charge in [0.1, 0.15) is 10.0 Å². The van der Waals surface area contributed by atoms with Crippen LogP contribution in [-0.4, -0.2) is 41.5 Å². The van der Waals surface area contributed by atoms with E-state index in [-0.39, 0.29) is 11.8 Å². The van der Waals surface area contributed by atoms with Crippen molar-refractivity contribution in [3.05, 3.63) is 65.7 Å². The summed E-state index contributed by atoms with van der Waals surface area (Å²) in [4.78, 5) is 12.7. The number of anilines is 1. The number of nitrogens with one attached hydrogen (secondary N) is 1. The van der Waals surface area contributed by atoms with Gasteiger partial charge in [-0.25, -0.2) is 13.1 Å². The fourth-order valence-electron chi connectivity index (χ4n) is 3.45. The van der Waals surface area contributed by atoms with Crippen molar-refractivity contribution in [1.82, 2.24) is 14.1 Å². The summed E-state index contributed by atoms with van der Waals surface area (Å²) in [7, 11) is -3.45. The SMILES string of the molecule is O=C(Nc1ccnn1Cc1ccccc1)C1CCN(S(=O)(=O)c2cccs2)CC1. The Bertz CT molecular complexity index is 1050. The quantitative estimate of drug-likeness (QED) is 0.651. The van der Waals surface area contributed by atoms with E-state index in [1.807, 2.05) is 30.3 Å². The summed E-state index contributed by atoms with van der Waals surface area (Å²) in [6.45, 7) is 1.27. The maximum absolute atomic E-state index is 12.7. The van der Waals surface area contributed by atoms with Crippen molar-refractivity contribution in [1.29, 1.82) is 0 Å². The van der Waals surface area contributed by atoms with Crippen LogP contribution in [0.25, 0.3) is 0 Å². The number of nitrogens with zero attached hydrogens (tertiary/aromatic N) is 3. The molecular formula is C20H22N4O3S2. The van der Waals surface area contributed by atoms with Crippen molar-refractivity contribution in [3.63, 3.8) is 0 Å². The van der Waals surface area contributed by atoms with Gasteiger partial charge in [0.15, 0.2) is 0 Å². The third-order valence-electron chi connectivity index (χ3n) is 5.06. The minimum atomic E-state index is -3.45. The molecule has 1 N–H and O–H groups in total. The zero-order chi connectivity index (χ0) is 20.3. The van der Waals surface area contributed by atoms with E-state index in [4.69, 9.17) is 0 Å². The molecule has 9 heteroatoms. The Morgan fingerprint density at radius 2 is 1.86 bits per heavy atom. The van der Waals surface area contributed by atoms with Gasteiger partial charge in [-0.1, -0.05) is 36.4 Å². The van der Waals surface area contributed by atoms with Gasteiger partial charge in [0.05, 0.1) is 12.7 Å². The molecule has 152 valence electrons. The molecule has 1 saturated heterocycles. The number of carbonyl (C=O) groups is 1. The monoisotopic (exact) mass is 430 g/mol. The molecule has 3 heterocycles. The number of rotatable bonds is 6. The number of thiophene rings is 1. The van der Waals surface area contributed by atoms with Crippen LogP contribution in [0.4, 0.5) is 5.82 Å². The summed E-state index contributed by atoms with van der Waals surface area (Å²) >= 11 is 1.22. The second-order valence-corrected chi connectivity index (χ2v) is 10.1. The normalized spacial score (nSPS) is 16.0. The Morgan fingerprint density at radius 3 is 2.55 bits per heavy atom. The summed E-state index contributed by atoms with van der Waals surface area (Å²) in [5, 5.41) is 9.01. The van der Waals surface area contributed by atoms with E-state index in [1.165, 1.54) is 15.6 Å². The zero-order valence-corrected chi connectivity index (χ0v) is 17.4. The highest BCUT2D eigenvalue weighted by Crippen LogP contribution is 2.27. The van der Waals surface area contributed by atoms with Crippen LogP contribution in [-0.2, 0) is 21.4 Å². The smallest absolute Gasteiger partial charge is 0.252 e. The first-order valence-electron chi connectivity index (χ1n) is 9.44. The molecule has 1 aliphatic rings. The van der Waals surface area contributed by atoms with E-state index >= 15 is 0 Å². The fraction of sp³-hybridized carbons (Fsp3) is 0.300. The van der Waals surface area contributed by atoms with Crippen molar-refractivity contribution in [2.75, 3.05) is 18.4 Å². The number of hydrogen-bond acceptors (Lipinski definition) is 5. The molecule has 0 atom stereocenters. The largest absolute Gasteiger partial charge is 0.311 e. The van der Waals surface area contributed by atoms with Crippen molar-refractivity contribution < 1.29 is 13.2 Å². The average molecular weight is 431 g/mol. The molecule has 29 heavy (non-hydrogen) atoms. The number of benzene rings is 1. The van der Waals surface area contributed by atoms with Gasteiger partial charge in [-0.15, -0.1) is 11.3 Å². The molecule has 0 aliphatic carbocycles. The number of amides is 1. The summed E-state index contributed by atoms with van der Waals surface area (Å²) in [5.41, 5.74) is 1.10. The first kappa shape index (κ1) is 19.8. The van der Waals surface area contributed by atoms with Crippen molar-refractivity contribution in [2.24, 2.45) is 5.92 Å². The summed E-state index contributed by atoms with van der Waals surface area (Å²) in [5.74, 6) is 0.338. The van der Waals surface area contributed by atoms with Crippen LogP contribution in [0.3, 0.4) is 0 Å². The lowest BCUT2D eigenvalue weighted by Gasteiger charge is -2.30. The Kier molecular flexibility index (Phi) is 5.79. The highest BCUT2D eigenvalue weighted by atomic mass is 32.2. The maximum atomic E-state index is 12.7. The minimum absolute atomic E-state index is 0.0898. The molecule has 0 radical (unpaired) electrons. The highest BCUT2D eigenvalue weighted by molar-refractivity contribution is 7.91. The zero-order valence-electron chi connectivity index (χ0n) is 15.8. The van der Waals surface area contributed by atoms with E-state index in [0.29, 0.717) is 42.5 Å². The third-order valence-corrected chi connectivity index (χ3v) is 8.33. The van der Waals surface area contributed by atoms with Gasteiger partial charge in [0, 0.05) is 25.1 Å². The molecule has 0 spiro atoms. The maximum Gasteiger partial charge on any atom is 0.252 e. The Morgan fingerprint density at radius 1 is 1.10 bits per heavy atom. The predicted molar refractivity (Wildman–Crippen MR) is 112 cm³/mol. The van der Waals surface area contributed by atoms with Crippen LogP contribution in [0.5, 0.6) is 0 Å². The summed E-state index contributed by atoms with van der Waals surface area (Å²) < 4.78 is 28.8. The molecule has 4 rings (SSSR count). The predicted octanol–water partition coefficient (Wildman–Crippen LogP) is 3.03. The van der Waals surface area contributed by atoms with Gasteiger partial charge >= 0.3 is 0 Å². The second kappa shape index (κ2) is 8.48. The molecule has 0 saturated carbocycles. The van der Waals surface area contributed by atoms with Gasteiger partial charge in [-0.2, -0.15) is 9.40 Å². The Balaban J connectivity index is 1.36. The first-order chi connectivity index (χ1) is 14.0. The summed E-state index contributed by atoms with van der Waals surface area (Å²) in [6, 6.07) is 15.0. The van der Waals surface area contributed by atoms with Crippen LogP contribution in [0.2, 0.25) is 0 Å².